The molecule has 3 aromatic rings. The van der Waals surface area contributed by atoms with Crippen molar-refractivity contribution in [2.45, 2.75) is 11.8 Å². The van der Waals surface area contributed by atoms with Crippen molar-refractivity contribution in [3.63, 3.8) is 0 Å². The predicted molar refractivity (Wildman–Crippen MR) is 104 cm³/mol. The number of benzene rings is 2. The highest BCUT2D eigenvalue weighted by atomic mass is 32.2. The lowest BCUT2D eigenvalue weighted by atomic mass is 10.0. The van der Waals surface area contributed by atoms with E-state index in [-0.39, 0.29) is 6.54 Å². The third-order valence-electron chi connectivity index (χ3n) is 4.34. The molecule has 1 heterocycles. The summed E-state index contributed by atoms with van der Waals surface area (Å²) in [6, 6.07) is 14.6. The van der Waals surface area contributed by atoms with Gasteiger partial charge in [-0.05, 0) is 28.8 Å². The lowest BCUT2D eigenvalue weighted by molar-refractivity contribution is 0.583. The molecule has 0 saturated carbocycles. The quantitative estimate of drug-likeness (QED) is 0.685. The van der Waals surface area contributed by atoms with Gasteiger partial charge in [0.05, 0.1) is 5.52 Å². The van der Waals surface area contributed by atoms with Crippen LogP contribution in [0.4, 0.5) is 0 Å². The van der Waals surface area contributed by atoms with Gasteiger partial charge in [0.1, 0.15) is 5.25 Å². The van der Waals surface area contributed by atoms with Crippen molar-refractivity contribution in [1.82, 2.24) is 3.97 Å². The number of nitrogens with two attached hydrogens (primary N) is 1. The molecule has 3 rings (SSSR count). The van der Waals surface area contributed by atoms with Crippen LogP contribution in [-0.2, 0) is 16.6 Å². The number of aromatic nitrogens is 1. The van der Waals surface area contributed by atoms with Crippen LogP contribution in [0.2, 0.25) is 0 Å². The van der Waals surface area contributed by atoms with Crippen LogP contribution >= 0.6 is 0 Å². The molecule has 4 nitrogen and oxygen atoms in total. The summed E-state index contributed by atoms with van der Waals surface area (Å²) < 4.78 is 28.0. The minimum atomic E-state index is -3.74. The zero-order chi connectivity index (χ0) is 18.0. The first-order valence-corrected chi connectivity index (χ1v) is 9.42. The van der Waals surface area contributed by atoms with Gasteiger partial charge in [-0.3, -0.25) is 0 Å². The first-order valence-electron chi connectivity index (χ1n) is 7.92. The average Bonchev–Trinajstić information content (AvgIpc) is 3.07. The highest BCUT2D eigenvalue weighted by molar-refractivity contribution is 7.90. The highest BCUT2D eigenvalue weighted by Gasteiger charge is 2.28. The minimum absolute atomic E-state index is 0.267. The highest BCUT2D eigenvalue weighted by Crippen LogP contribution is 2.31. The van der Waals surface area contributed by atoms with E-state index in [1.54, 1.807) is 30.5 Å². The summed E-state index contributed by atoms with van der Waals surface area (Å²) in [5.41, 5.74) is 8.74. The number of hydrogen-bond acceptors (Lipinski definition) is 3. The molecule has 0 fully saturated rings. The number of hydrogen-bond donors (Lipinski definition) is 1. The first kappa shape index (κ1) is 17.2. The molecule has 0 aliphatic heterocycles. The summed E-state index contributed by atoms with van der Waals surface area (Å²) in [6.45, 7) is 7.81. The van der Waals surface area contributed by atoms with Crippen molar-refractivity contribution in [3.05, 3.63) is 90.7 Å². The summed E-state index contributed by atoms with van der Waals surface area (Å²) in [4.78, 5) is 0. The molecule has 25 heavy (non-hydrogen) atoms. The molecule has 1 aromatic heterocycles. The fourth-order valence-electron chi connectivity index (χ4n) is 3.10. The summed E-state index contributed by atoms with van der Waals surface area (Å²) in [6.07, 6.45) is 4.75. The van der Waals surface area contributed by atoms with Crippen LogP contribution in [0.5, 0.6) is 0 Å². The molecule has 0 bridgehead atoms. The molecule has 0 spiro atoms. The van der Waals surface area contributed by atoms with Crippen molar-refractivity contribution >= 4 is 27.0 Å². The second-order valence-corrected chi connectivity index (χ2v) is 7.63. The van der Waals surface area contributed by atoms with Gasteiger partial charge in [0, 0.05) is 18.1 Å². The van der Waals surface area contributed by atoms with E-state index in [4.69, 9.17) is 5.73 Å². The molecule has 128 valence electrons. The molecule has 0 aliphatic rings. The first-order chi connectivity index (χ1) is 12.0. The van der Waals surface area contributed by atoms with E-state index in [9.17, 15) is 8.42 Å². The van der Waals surface area contributed by atoms with Crippen LogP contribution in [0, 0.1) is 0 Å². The molecule has 0 radical (unpaired) electrons. The molecular weight excluding hydrogens is 332 g/mol. The topological polar surface area (TPSA) is 65.1 Å². The van der Waals surface area contributed by atoms with Gasteiger partial charge in [0.25, 0.3) is 0 Å². The van der Waals surface area contributed by atoms with Crippen LogP contribution < -0.4 is 5.73 Å². The second-order valence-electron chi connectivity index (χ2n) is 5.70. The Hall–Kier alpha value is -2.63. The maximum Gasteiger partial charge on any atom is 0.249 e. The van der Waals surface area contributed by atoms with Gasteiger partial charge in [0.2, 0.25) is 10.0 Å². The van der Waals surface area contributed by atoms with E-state index in [0.717, 1.165) is 16.5 Å². The molecule has 1 unspecified atom stereocenters. The summed E-state index contributed by atoms with van der Waals surface area (Å²) >= 11 is 0. The molecule has 0 aliphatic carbocycles. The summed E-state index contributed by atoms with van der Waals surface area (Å²) in [5, 5.41) is -0.0359. The molecule has 5 heteroatoms. The Labute approximate surface area is 148 Å². The van der Waals surface area contributed by atoms with Crippen molar-refractivity contribution in [2.24, 2.45) is 5.73 Å². The van der Waals surface area contributed by atoms with Crippen LogP contribution in [-0.4, -0.2) is 12.4 Å². The SMILES string of the molecule is C=Cc1cccc2c1ccn2S(=O)(=O)C(C=C)c1ccccc1CN. The normalized spacial score (nSPS) is 12.8. The van der Waals surface area contributed by atoms with E-state index >= 15 is 0 Å². The maximum absolute atomic E-state index is 13.3. The monoisotopic (exact) mass is 352 g/mol. The molecule has 2 aromatic carbocycles. The average molecular weight is 352 g/mol. The lowest BCUT2D eigenvalue weighted by Gasteiger charge is -2.19. The molecule has 2 N–H and O–H groups in total. The molecule has 0 amide bonds. The van der Waals surface area contributed by atoms with E-state index < -0.39 is 15.3 Å². The predicted octanol–water partition coefficient (Wildman–Crippen LogP) is 3.85. The van der Waals surface area contributed by atoms with Gasteiger partial charge in [-0.15, -0.1) is 6.58 Å². The lowest BCUT2D eigenvalue weighted by Crippen LogP contribution is -2.20. The Morgan fingerprint density at radius 1 is 1.08 bits per heavy atom. The summed E-state index contributed by atoms with van der Waals surface area (Å²) in [5.74, 6) is 0. The largest absolute Gasteiger partial charge is 0.326 e. The standard InChI is InChI=1S/C20H20N2O2S/c1-3-15-9-7-11-19-17(15)12-13-22(19)25(23,24)20(4-2)18-10-6-5-8-16(18)14-21/h3-13,20H,1-2,14,21H2. The van der Waals surface area contributed by atoms with Gasteiger partial charge in [0.15, 0.2) is 0 Å². The van der Waals surface area contributed by atoms with E-state index in [2.05, 4.69) is 13.2 Å². The van der Waals surface area contributed by atoms with Crippen LogP contribution in [0.15, 0.2) is 74.0 Å². The fourth-order valence-corrected chi connectivity index (χ4v) is 4.80. The van der Waals surface area contributed by atoms with Gasteiger partial charge < -0.3 is 5.73 Å². The third kappa shape index (κ3) is 2.81. The molecular formula is C20H20N2O2S. The Morgan fingerprint density at radius 3 is 2.52 bits per heavy atom. The van der Waals surface area contributed by atoms with Crippen molar-refractivity contribution in [3.8, 4) is 0 Å². The Balaban J connectivity index is 2.21. The van der Waals surface area contributed by atoms with Gasteiger partial charge in [-0.25, -0.2) is 12.4 Å². The van der Waals surface area contributed by atoms with Crippen molar-refractivity contribution in [2.75, 3.05) is 0 Å². The van der Waals surface area contributed by atoms with Crippen LogP contribution in [0.25, 0.3) is 17.0 Å². The number of nitrogens with zero attached hydrogens (tertiary/aromatic N) is 1. The molecule has 0 saturated heterocycles. The number of rotatable bonds is 6. The zero-order valence-electron chi connectivity index (χ0n) is 13.8. The van der Waals surface area contributed by atoms with Crippen molar-refractivity contribution < 1.29 is 8.42 Å². The maximum atomic E-state index is 13.3. The van der Waals surface area contributed by atoms with Crippen LogP contribution in [0.3, 0.4) is 0 Å². The van der Waals surface area contributed by atoms with Crippen LogP contribution in [0.1, 0.15) is 21.9 Å². The molecule has 1 atom stereocenters. The Kier molecular flexibility index (Phi) is 4.61. The van der Waals surface area contributed by atoms with Crippen molar-refractivity contribution in [1.29, 1.82) is 0 Å². The zero-order valence-corrected chi connectivity index (χ0v) is 14.6. The Morgan fingerprint density at radius 2 is 1.84 bits per heavy atom. The minimum Gasteiger partial charge on any atom is -0.326 e. The van der Waals surface area contributed by atoms with Gasteiger partial charge in [-0.2, -0.15) is 0 Å². The second kappa shape index (κ2) is 6.70. The smallest absolute Gasteiger partial charge is 0.249 e. The van der Waals surface area contributed by atoms with Gasteiger partial charge in [-0.1, -0.05) is 55.1 Å². The third-order valence-corrected chi connectivity index (χ3v) is 6.30. The van der Waals surface area contributed by atoms with E-state index in [1.165, 1.54) is 10.0 Å². The van der Waals surface area contributed by atoms with E-state index in [1.807, 2.05) is 30.3 Å². The number of fused-ring (bicyclic) bond motifs is 1. The fraction of sp³-hybridized carbons (Fsp3) is 0.100. The summed E-state index contributed by atoms with van der Waals surface area (Å²) in [7, 11) is -3.74. The Bertz CT molecular complexity index is 1050. The van der Waals surface area contributed by atoms with Gasteiger partial charge >= 0.3 is 0 Å². The van der Waals surface area contributed by atoms with E-state index in [0.29, 0.717) is 11.1 Å².